The molecule has 0 heterocycles. The van der Waals surface area contributed by atoms with E-state index in [9.17, 15) is 19.2 Å². The molecule has 10 nitrogen and oxygen atoms in total. The number of amides is 2. The molecule has 0 bridgehead atoms. The minimum Gasteiger partial charge on any atom is -0.480 e. The first-order chi connectivity index (χ1) is 16.3. The molecule has 0 saturated heterocycles. The largest absolute Gasteiger partial charge is 0.480 e. The predicted octanol–water partition coefficient (Wildman–Crippen LogP) is 1.77. The lowest BCUT2D eigenvalue weighted by Gasteiger charge is -2.10. The van der Waals surface area contributed by atoms with Crippen LogP contribution < -0.4 is 20.1 Å². The zero-order chi connectivity index (χ0) is 24.8. The zero-order valence-electron chi connectivity index (χ0n) is 17.9. The summed E-state index contributed by atoms with van der Waals surface area (Å²) in [5.41, 5.74) is 0. The summed E-state index contributed by atoms with van der Waals surface area (Å²) in [6, 6.07) is 13.2. The fourth-order valence-corrected chi connectivity index (χ4v) is 2.66. The molecule has 182 valence electrons. The van der Waals surface area contributed by atoms with E-state index >= 15 is 0 Å². The van der Waals surface area contributed by atoms with E-state index in [4.69, 9.17) is 42.1 Å². The Hall–Kier alpha value is -3.50. The summed E-state index contributed by atoms with van der Waals surface area (Å²) in [5.74, 6) is -1.99. The maximum Gasteiger partial charge on any atom is 0.344 e. The van der Waals surface area contributed by atoms with Crippen molar-refractivity contribution >= 4 is 47.0 Å². The van der Waals surface area contributed by atoms with Crippen LogP contribution in [0.1, 0.15) is 0 Å². The molecule has 0 aliphatic carbocycles. The van der Waals surface area contributed by atoms with Crippen molar-refractivity contribution in [1.29, 1.82) is 0 Å². The number of benzene rings is 2. The first-order valence-electron chi connectivity index (χ1n) is 9.94. The van der Waals surface area contributed by atoms with E-state index in [0.717, 1.165) is 0 Å². The van der Waals surface area contributed by atoms with Gasteiger partial charge in [0.1, 0.15) is 11.5 Å². The maximum absolute atomic E-state index is 11.7. The van der Waals surface area contributed by atoms with Gasteiger partial charge in [-0.05, 0) is 24.3 Å². The number of hydrogen-bond acceptors (Lipinski definition) is 8. The van der Waals surface area contributed by atoms with E-state index in [1.165, 1.54) is 0 Å². The molecule has 0 saturated carbocycles. The van der Waals surface area contributed by atoms with Gasteiger partial charge in [0.05, 0.1) is 10.0 Å². The van der Waals surface area contributed by atoms with E-state index in [1.807, 2.05) is 0 Å². The lowest BCUT2D eigenvalue weighted by atomic mass is 10.3. The number of nitrogens with one attached hydrogen (secondary N) is 2. The molecular formula is C22H22Cl2N2O8. The molecule has 0 fully saturated rings. The predicted molar refractivity (Wildman–Crippen MR) is 122 cm³/mol. The number of esters is 2. The highest BCUT2D eigenvalue weighted by Crippen LogP contribution is 2.23. The van der Waals surface area contributed by atoms with Gasteiger partial charge in [0.15, 0.2) is 26.4 Å². The zero-order valence-corrected chi connectivity index (χ0v) is 19.4. The van der Waals surface area contributed by atoms with Crippen LogP contribution in [0.5, 0.6) is 11.5 Å². The van der Waals surface area contributed by atoms with E-state index in [0.29, 0.717) is 21.5 Å². The van der Waals surface area contributed by atoms with Crippen molar-refractivity contribution in [2.75, 3.05) is 39.5 Å². The van der Waals surface area contributed by atoms with Crippen molar-refractivity contribution in [1.82, 2.24) is 10.6 Å². The van der Waals surface area contributed by atoms with Crippen molar-refractivity contribution in [2.45, 2.75) is 0 Å². The number of rotatable bonds is 13. The van der Waals surface area contributed by atoms with Gasteiger partial charge in [-0.2, -0.15) is 0 Å². The van der Waals surface area contributed by atoms with Crippen LogP contribution in [0.25, 0.3) is 0 Å². The molecule has 12 heteroatoms. The summed E-state index contributed by atoms with van der Waals surface area (Å²) in [7, 11) is 0. The highest BCUT2D eigenvalue weighted by atomic mass is 35.5. The summed E-state index contributed by atoms with van der Waals surface area (Å²) >= 11 is 11.8. The molecule has 0 radical (unpaired) electrons. The molecule has 2 aromatic carbocycles. The third-order valence-electron chi connectivity index (χ3n) is 3.86. The van der Waals surface area contributed by atoms with Gasteiger partial charge in [-0.3, -0.25) is 9.59 Å². The first kappa shape index (κ1) is 26.7. The average Bonchev–Trinajstić information content (AvgIpc) is 2.83. The monoisotopic (exact) mass is 512 g/mol. The summed E-state index contributed by atoms with van der Waals surface area (Å²) in [5, 5.41) is 5.59. The van der Waals surface area contributed by atoms with Crippen molar-refractivity contribution in [3.63, 3.8) is 0 Å². The van der Waals surface area contributed by atoms with Gasteiger partial charge in [0, 0.05) is 13.1 Å². The fourth-order valence-electron chi connectivity index (χ4n) is 2.28. The Balaban J connectivity index is 1.50. The van der Waals surface area contributed by atoms with Gasteiger partial charge in [-0.25, -0.2) is 9.59 Å². The number of carbonyl (C=O) groups excluding carboxylic acids is 4. The van der Waals surface area contributed by atoms with Crippen LogP contribution in [0.3, 0.4) is 0 Å². The lowest BCUT2D eigenvalue weighted by molar-refractivity contribution is -0.150. The maximum atomic E-state index is 11.7. The molecule has 0 unspecified atom stereocenters. The average molecular weight is 513 g/mol. The number of para-hydroxylation sites is 2. The number of ether oxygens (including phenoxy) is 4. The first-order valence-corrected chi connectivity index (χ1v) is 10.7. The molecule has 2 rings (SSSR count). The second kappa shape index (κ2) is 14.6. The van der Waals surface area contributed by atoms with Gasteiger partial charge < -0.3 is 29.6 Å². The lowest BCUT2D eigenvalue weighted by Crippen LogP contribution is -2.38. The molecule has 2 amide bonds. The van der Waals surface area contributed by atoms with Gasteiger partial charge in [-0.15, -0.1) is 0 Å². The van der Waals surface area contributed by atoms with Crippen molar-refractivity contribution in [2.24, 2.45) is 0 Å². The number of carbonyl (C=O) groups is 4. The molecule has 0 aromatic heterocycles. The standard InChI is InChI=1S/C22H22Cl2N2O8/c23-15-5-1-3-7-17(15)31-13-21(29)33-11-19(27)25-9-10-26-20(28)12-34-22(30)14-32-18-8-4-2-6-16(18)24/h1-8H,9-14H2,(H,25,27)(H,26,28). The van der Waals surface area contributed by atoms with Crippen LogP contribution in [-0.4, -0.2) is 63.3 Å². The topological polar surface area (TPSA) is 129 Å². The summed E-state index contributed by atoms with van der Waals surface area (Å²) in [4.78, 5) is 46.7. The van der Waals surface area contributed by atoms with Crippen molar-refractivity contribution in [3.8, 4) is 11.5 Å². The minimum absolute atomic E-state index is 0.0712. The molecular weight excluding hydrogens is 491 g/mol. The minimum atomic E-state index is -0.747. The third-order valence-corrected chi connectivity index (χ3v) is 4.49. The number of halogens is 2. The normalized spacial score (nSPS) is 10.1. The van der Waals surface area contributed by atoms with Crippen LogP contribution in [-0.2, 0) is 28.7 Å². The van der Waals surface area contributed by atoms with E-state index in [1.54, 1.807) is 48.5 Å². The highest BCUT2D eigenvalue weighted by molar-refractivity contribution is 6.32. The second-order valence-electron chi connectivity index (χ2n) is 6.46. The van der Waals surface area contributed by atoms with Gasteiger partial charge in [-0.1, -0.05) is 47.5 Å². The molecule has 0 spiro atoms. The van der Waals surface area contributed by atoms with Gasteiger partial charge in [0.25, 0.3) is 11.8 Å². The number of hydrogen-bond donors (Lipinski definition) is 2. The van der Waals surface area contributed by atoms with Crippen molar-refractivity contribution < 1.29 is 38.1 Å². The molecule has 2 aromatic rings. The Morgan fingerprint density at radius 2 is 1.00 bits per heavy atom. The van der Waals surface area contributed by atoms with Crippen LogP contribution in [0, 0.1) is 0 Å². The fraction of sp³-hybridized carbons (Fsp3) is 0.273. The molecule has 0 aliphatic heterocycles. The Kier molecular flexibility index (Phi) is 11.5. The van der Waals surface area contributed by atoms with E-state index in [-0.39, 0.29) is 13.1 Å². The molecule has 2 N–H and O–H groups in total. The van der Waals surface area contributed by atoms with E-state index < -0.39 is 50.2 Å². The van der Waals surface area contributed by atoms with Crippen LogP contribution in [0.4, 0.5) is 0 Å². The molecule has 34 heavy (non-hydrogen) atoms. The molecule has 0 atom stereocenters. The van der Waals surface area contributed by atoms with Crippen LogP contribution >= 0.6 is 23.2 Å². The van der Waals surface area contributed by atoms with Crippen LogP contribution in [0.15, 0.2) is 48.5 Å². The van der Waals surface area contributed by atoms with E-state index in [2.05, 4.69) is 10.6 Å². The second-order valence-corrected chi connectivity index (χ2v) is 7.27. The summed E-state index contributed by atoms with van der Waals surface area (Å²) < 4.78 is 20.0. The smallest absolute Gasteiger partial charge is 0.344 e. The van der Waals surface area contributed by atoms with Crippen molar-refractivity contribution in [3.05, 3.63) is 58.6 Å². The Labute approximate surface area is 205 Å². The quantitative estimate of drug-likeness (QED) is 0.306. The Bertz CT molecular complexity index is 923. The van der Waals surface area contributed by atoms with Gasteiger partial charge in [0.2, 0.25) is 0 Å². The molecule has 0 aliphatic rings. The third kappa shape index (κ3) is 10.4. The highest BCUT2D eigenvalue weighted by Gasteiger charge is 2.11. The summed E-state index contributed by atoms with van der Waals surface area (Å²) in [6.07, 6.45) is 0. The summed E-state index contributed by atoms with van der Waals surface area (Å²) in [6.45, 7) is -1.70. The van der Waals surface area contributed by atoms with Crippen LogP contribution in [0.2, 0.25) is 10.0 Å². The van der Waals surface area contributed by atoms with Gasteiger partial charge >= 0.3 is 11.9 Å². The Morgan fingerprint density at radius 3 is 1.38 bits per heavy atom. The Morgan fingerprint density at radius 1 is 0.618 bits per heavy atom. The SMILES string of the molecule is O=C(COC(=O)COc1ccccc1Cl)NCCNC(=O)COC(=O)COc1ccccc1Cl.